The first-order valence-corrected chi connectivity index (χ1v) is 6.74. The van der Waals surface area contributed by atoms with Crippen molar-refractivity contribution >= 4 is 0 Å². The summed E-state index contributed by atoms with van der Waals surface area (Å²) in [5.74, 6) is 1.87. The highest BCUT2D eigenvalue weighted by Crippen LogP contribution is 2.29. The molecule has 1 fully saturated rings. The average Bonchev–Trinajstić information content (AvgIpc) is 2.25. The third kappa shape index (κ3) is 3.47. The molecule has 1 unspecified atom stereocenters. The van der Waals surface area contributed by atoms with E-state index in [4.69, 9.17) is 4.74 Å². The summed E-state index contributed by atoms with van der Waals surface area (Å²) in [6, 6.07) is 9.00. The molecule has 0 bridgehead atoms. The fourth-order valence-electron chi connectivity index (χ4n) is 2.30. The summed E-state index contributed by atoms with van der Waals surface area (Å²) in [7, 11) is 0. The molecule has 0 saturated heterocycles. The van der Waals surface area contributed by atoms with Crippen molar-refractivity contribution in [1.82, 2.24) is 5.32 Å². The van der Waals surface area contributed by atoms with Crippen molar-refractivity contribution in [2.24, 2.45) is 5.92 Å². The third-order valence-electron chi connectivity index (χ3n) is 3.69. The van der Waals surface area contributed by atoms with Gasteiger partial charge in [-0.25, -0.2) is 0 Å². The fraction of sp³-hybridized carbons (Fsp3) is 0.600. The lowest BCUT2D eigenvalue weighted by molar-refractivity contribution is 0.240. The van der Waals surface area contributed by atoms with E-state index in [1.165, 1.54) is 24.8 Å². The van der Waals surface area contributed by atoms with Crippen LogP contribution in [0.4, 0.5) is 0 Å². The van der Waals surface area contributed by atoms with E-state index in [1.807, 2.05) is 13.0 Å². The van der Waals surface area contributed by atoms with Crippen LogP contribution in [-0.2, 0) is 6.54 Å². The van der Waals surface area contributed by atoms with Crippen LogP contribution in [0.1, 0.15) is 38.7 Å². The Morgan fingerprint density at radius 1 is 1.41 bits per heavy atom. The second-order valence-electron chi connectivity index (χ2n) is 4.94. The maximum Gasteiger partial charge on any atom is 0.119 e. The Labute approximate surface area is 104 Å². The van der Waals surface area contributed by atoms with Crippen molar-refractivity contribution < 1.29 is 4.74 Å². The van der Waals surface area contributed by atoms with Gasteiger partial charge in [-0.2, -0.15) is 0 Å². The highest BCUT2D eigenvalue weighted by molar-refractivity contribution is 5.28. The zero-order valence-corrected chi connectivity index (χ0v) is 10.9. The Morgan fingerprint density at radius 3 is 2.88 bits per heavy atom. The lowest BCUT2D eigenvalue weighted by Crippen LogP contribution is -2.36. The van der Waals surface area contributed by atoms with Crippen LogP contribution in [0.2, 0.25) is 0 Å². The van der Waals surface area contributed by atoms with Crippen LogP contribution < -0.4 is 10.1 Å². The summed E-state index contributed by atoms with van der Waals surface area (Å²) in [5, 5.41) is 3.61. The van der Waals surface area contributed by atoms with Gasteiger partial charge in [-0.1, -0.05) is 18.6 Å². The van der Waals surface area contributed by atoms with E-state index in [2.05, 4.69) is 30.4 Å². The van der Waals surface area contributed by atoms with Crippen molar-refractivity contribution in [1.29, 1.82) is 0 Å². The molecule has 1 aliphatic rings. The van der Waals surface area contributed by atoms with Crippen LogP contribution in [0.3, 0.4) is 0 Å². The van der Waals surface area contributed by atoms with Crippen molar-refractivity contribution in [3.05, 3.63) is 29.8 Å². The summed E-state index contributed by atoms with van der Waals surface area (Å²) in [4.78, 5) is 0. The van der Waals surface area contributed by atoms with Gasteiger partial charge < -0.3 is 10.1 Å². The maximum absolute atomic E-state index is 5.51. The van der Waals surface area contributed by atoms with Gasteiger partial charge in [-0.3, -0.25) is 0 Å². The third-order valence-corrected chi connectivity index (χ3v) is 3.69. The number of hydrogen-bond donors (Lipinski definition) is 1. The van der Waals surface area contributed by atoms with Gasteiger partial charge in [-0.05, 0) is 50.3 Å². The van der Waals surface area contributed by atoms with E-state index in [0.717, 1.165) is 24.8 Å². The average molecular weight is 233 g/mol. The molecular weight excluding hydrogens is 210 g/mol. The minimum atomic E-state index is 0.638. The standard InChI is InChI=1S/C15H23NO/c1-3-17-15-9-4-6-13(10-15)11-16-12(2)14-7-5-8-14/h4,6,9-10,12,14,16H,3,5,7-8,11H2,1-2H3. The molecule has 0 heterocycles. The van der Waals surface area contributed by atoms with Gasteiger partial charge in [-0.15, -0.1) is 0 Å². The zero-order chi connectivity index (χ0) is 12.1. The Kier molecular flexibility index (Phi) is 4.43. The van der Waals surface area contributed by atoms with Gasteiger partial charge in [0.25, 0.3) is 0 Å². The zero-order valence-electron chi connectivity index (χ0n) is 10.9. The van der Waals surface area contributed by atoms with Crippen molar-refractivity contribution in [2.75, 3.05) is 6.61 Å². The van der Waals surface area contributed by atoms with E-state index in [0.29, 0.717) is 6.04 Å². The Hall–Kier alpha value is -1.02. The molecule has 1 N–H and O–H groups in total. The molecule has 0 aromatic heterocycles. The Bertz CT molecular complexity index is 347. The second-order valence-corrected chi connectivity index (χ2v) is 4.94. The first kappa shape index (κ1) is 12.4. The number of rotatable bonds is 6. The van der Waals surface area contributed by atoms with E-state index in [1.54, 1.807) is 0 Å². The molecule has 0 radical (unpaired) electrons. The fourth-order valence-corrected chi connectivity index (χ4v) is 2.30. The van der Waals surface area contributed by atoms with Crippen LogP contribution in [0.25, 0.3) is 0 Å². The smallest absolute Gasteiger partial charge is 0.119 e. The minimum Gasteiger partial charge on any atom is -0.494 e. The summed E-state index contributed by atoms with van der Waals surface area (Å²) < 4.78 is 5.51. The summed E-state index contributed by atoms with van der Waals surface area (Å²) in [5.41, 5.74) is 1.31. The van der Waals surface area contributed by atoms with Crippen LogP contribution in [0.5, 0.6) is 5.75 Å². The van der Waals surface area contributed by atoms with Crippen molar-refractivity contribution in [3.8, 4) is 5.75 Å². The van der Waals surface area contributed by atoms with Crippen molar-refractivity contribution in [2.45, 2.75) is 45.7 Å². The van der Waals surface area contributed by atoms with Crippen LogP contribution >= 0.6 is 0 Å². The van der Waals surface area contributed by atoms with Gasteiger partial charge in [0.1, 0.15) is 5.75 Å². The molecule has 17 heavy (non-hydrogen) atoms. The molecule has 1 saturated carbocycles. The molecule has 1 aromatic rings. The first-order chi connectivity index (χ1) is 8.29. The molecule has 1 aliphatic carbocycles. The summed E-state index contributed by atoms with van der Waals surface area (Å²) >= 11 is 0. The van der Waals surface area contributed by atoms with Gasteiger partial charge in [0.05, 0.1) is 6.61 Å². The van der Waals surface area contributed by atoms with E-state index in [9.17, 15) is 0 Å². The van der Waals surface area contributed by atoms with Crippen LogP contribution in [0.15, 0.2) is 24.3 Å². The lowest BCUT2D eigenvalue weighted by atomic mass is 9.80. The minimum absolute atomic E-state index is 0.638. The largest absolute Gasteiger partial charge is 0.494 e. The monoisotopic (exact) mass is 233 g/mol. The van der Waals surface area contributed by atoms with Gasteiger partial charge in [0.15, 0.2) is 0 Å². The van der Waals surface area contributed by atoms with E-state index < -0.39 is 0 Å². The van der Waals surface area contributed by atoms with Crippen LogP contribution in [-0.4, -0.2) is 12.6 Å². The summed E-state index contributed by atoms with van der Waals surface area (Å²) in [6.45, 7) is 5.99. The molecule has 0 aliphatic heterocycles. The Morgan fingerprint density at radius 2 is 2.24 bits per heavy atom. The number of nitrogens with one attached hydrogen (secondary N) is 1. The lowest BCUT2D eigenvalue weighted by Gasteiger charge is -2.32. The van der Waals surface area contributed by atoms with Gasteiger partial charge in [0, 0.05) is 12.6 Å². The molecular formula is C15H23NO. The number of ether oxygens (including phenoxy) is 1. The predicted octanol–water partition coefficient (Wildman–Crippen LogP) is 3.36. The topological polar surface area (TPSA) is 21.3 Å². The molecule has 0 amide bonds. The molecule has 2 rings (SSSR count). The molecule has 1 atom stereocenters. The van der Waals surface area contributed by atoms with Crippen LogP contribution in [0, 0.1) is 5.92 Å². The molecule has 2 heteroatoms. The SMILES string of the molecule is CCOc1cccc(CNC(C)C2CCC2)c1. The molecule has 0 spiro atoms. The highest BCUT2D eigenvalue weighted by atomic mass is 16.5. The molecule has 94 valence electrons. The maximum atomic E-state index is 5.51. The highest BCUT2D eigenvalue weighted by Gasteiger charge is 2.23. The second kappa shape index (κ2) is 6.06. The Balaban J connectivity index is 1.82. The predicted molar refractivity (Wildman–Crippen MR) is 71.3 cm³/mol. The van der Waals surface area contributed by atoms with E-state index in [-0.39, 0.29) is 0 Å². The molecule has 1 aromatic carbocycles. The van der Waals surface area contributed by atoms with Gasteiger partial charge in [0.2, 0.25) is 0 Å². The quantitative estimate of drug-likeness (QED) is 0.813. The first-order valence-electron chi connectivity index (χ1n) is 6.74. The van der Waals surface area contributed by atoms with Gasteiger partial charge >= 0.3 is 0 Å². The molecule has 2 nitrogen and oxygen atoms in total. The number of hydrogen-bond acceptors (Lipinski definition) is 2. The normalized spacial score (nSPS) is 17.5. The van der Waals surface area contributed by atoms with E-state index >= 15 is 0 Å². The number of benzene rings is 1. The van der Waals surface area contributed by atoms with Crippen molar-refractivity contribution in [3.63, 3.8) is 0 Å². The summed E-state index contributed by atoms with van der Waals surface area (Å²) in [6.07, 6.45) is 4.21.